The van der Waals surface area contributed by atoms with Crippen LogP contribution in [0.25, 0.3) is 0 Å². The first-order chi connectivity index (χ1) is 11.6. The second-order valence-electron chi connectivity index (χ2n) is 7.91. The molecule has 1 aromatic carbocycles. The molecule has 0 aromatic heterocycles. The Bertz CT molecular complexity index is 632. The molecule has 3 aliphatic rings. The van der Waals surface area contributed by atoms with Crippen molar-refractivity contribution in [3.8, 4) is 0 Å². The summed E-state index contributed by atoms with van der Waals surface area (Å²) in [5.41, 5.74) is 1.89. The summed E-state index contributed by atoms with van der Waals surface area (Å²) in [6.45, 7) is 0. The zero-order valence-corrected chi connectivity index (χ0v) is 15.2. The Kier molecular flexibility index (Phi) is 4.46. The number of rotatable bonds is 6. The Morgan fingerprint density at radius 3 is 2.79 bits per heavy atom. The summed E-state index contributed by atoms with van der Waals surface area (Å²) in [4.78, 5) is 14.5. The van der Waals surface area contributed by atoms with E-state index in [2.05, 4.69) is 10.2 Å². The normalized spacial score (nSPS) is 30.8. The van der Waals surface area contributed by atoms with E-state index in [9.17, 15) is 4.79 Å². The number of carbonyl (C=O) groups excluding carboxylic acids is 1. The van der Waals surface area contributed by atoms with E-state index < -0.39 is 0 Å². The average Bonchev–Trinajstić information content (AvgIpc) is 3.23. The molecule has 4 unspecified atom stereocenters. The number of unbranched alkanes of at least 4 members (excludes halogenated alkanes) is 2. The van der Waals surface area contributed by atoms with Crippen molar-refractivity contribution in [1.82, 2.24) is 0 Å². The quantitative estimate of drug-likeness (QED) is 0.727. The van der Waals surface area contributed by atoms with Gasteiger partial charge in [0, 0.05) is 12.1 Å². The highest BCUT2D eigenvalue weighted by molar-refractivity contribution is 6.31. The van der Waals surface area contributed by atoms with Crippen LogP contribution >= 0.6 is 11.6 Å². The largest absolute Gasteiger partial charge is 0.361 e. The smallest absolute Gasteiger partial charge is 0.247 e. The highest BCUT2D eigenvalue weighted by atomic mass is 35.5. The van der Waals surface area contributed by atoms with Gasteiger partial charge in [0.1, 0.15) is 6.04 Å². The predicted octanol–water partition coefficient (Wildman–Crippen LogP) is 5.09. The van der Waals surface area contributed by atoms with Gasteiger partial charge in [-0.3, -0.25) is 4.79 Å². The van der Waals surface area contributed by atoms with Crippen molar-refractivity contribution >= 4 is 28.9 Å². The van der Waals surface area contributed by atoms with E-state index in [0.717, 1.165) is 42.0 Å². The van der Waals surface area contributed by atoms with Gasteiger partial charge in [0.25, 0.3) is 0 Å². The van der Waals surface area contributed by atoms with Crippen molar-refractivity contribution in [3.63, 3.8) is 0 Å². The molecule has 2 fully saturated rings. The minimum Gasteiger partial charge on any atom is -0.361 e. The van der Waals surface area contributed by atoms with Gasteiger partial charge in [-0.05, 0) is 61.6 Å². The molecule has 4 rings (SSSR count). The number of benzene rings is 1. The monoisotopic (exact) mass is 346 g/mol. The predicted molar refractivity (Wildman–Crippen MR) is 99.7 cm³/mol. The first-order valence-corrected chi connectivity index (χ1v) is 9.84. The van der Waals surface area contributed by atoms with Crippen LogP contribution in [0.15, 0.2) is 18.2 Å². The lowest BCUT2D eigenvalue weighted by Gasteiger charge is -2.35. The van der Waals surface area contributed by atoms with Crippen LogP contribution in [0, 0.1) is 17.8 Å². The van der Waals surface area contributed by atoms with E-state index in [4.69, 9.17) is 11.6 Å². The molecule has 1 aromatic rings. The average molecular weight is 347 g/mol. The van der Waals surface area contributed by atoms with Crippen molar-refractivity contribution < 1.29 is 4.79 Å². The van der Waals surface area contributed by atoms with Crippen LogP contribution < -0.4 is 10.2 Å². The van der Waals surface area contributed by atoms with Crippen LogP contribution in [0.2, 0.25) is 5.02 Å². The lowest BCUT2D eigenvalue weighted by molar-refractivity contribution is -0.117. The molecule has 0 radical (unpaired) electrons. The highest BCUT2D eigenvalue weighted by Crippen LogP contribution is 2.56. The number of hydrogen-bond acceptors (Lipinski definition) is 2. The van der Waals surface area contributed by atoms with E-state index in [1.165, 1.54) is 38.5 Å². The number of amides is 1. The molecule has 24 heavy (non-hydrogen) atoms. The number of carbonyl (C=O) groups is 1. The van der Waals surface area contributed by atoms with Gasteiger partial charge in [0.2, 0.25) is 5.91 Å². The van der Waals surface area contributed by atoms with E-state index in [1.54, 1.807) is 0 Å². The van der Waals surface area contributed by atoms with Gasteiger partial charge in [-0.25, -0.2) is 0 Å². The number of likely N-dealkylation sites (N-methyl/N-ethyl adjacent to an activating group) is 1. The van der Waals surface area contributed by atoms with Gasteiger partial charge in [-0.15, -0.1) is 0 Å². The maximum atomic E-state index is 12.4. The summed E-state index contributed by atoms with van der Waals surface area (Å²) in [7, 11) is 2.02. The Morgan fingerprint density at radius 1 is 1.21 bits per heavy atom. The molecular weight excluding hydrogens is 320 g/mol. The first kappa shape index (κ1) is 16.3. The zero-order valence-electron chi connectivity index (χ0n) is 14.4. The third kappa shape index (κ3) is 3.15. The van der Waals surface area contributed by atoms with Crippen molar-refractivity contribution in [2.24, 2.45) is 17.8 Å². The molecule has 2 aliphatic carbocycles. The summed E-state index contributed by atoms with van der Waals surface area (Å²) >= 11 is 6.02. The molecule has 0 saturated heterocycles. The molecule has 1 heterocycles. The minimum atomic E-state index is -0.0574. The Morgan fingerprint density at radius 2 is 2.04 bits per heavy atom. The van der Waals surface area contributed by atoms with Crippen molar-refractivity contribution in [2.45, 2.75) is 57.4 Å². The number of hydrogen-bond donors (Lipinski definition) is 1. The summed E-state index contributed by atoms with van der Waals surface area (Å²) < 4.78 is 0. The number of nitrogens with zero attached hydrogens (tertiary/aromatic N) is 1. The molecular formula is C20H27ClN2O. The van der Waals surface area contributed by atoms with Gasteiger partial charge in [-0.2, -0.15) is 0 Å². The van der Waals surface area contributed by atoms with Crippen molar-refractivity contribution in [2.75, 3.05) is 17.3 Å². The number of anilines is 2. The molecule has 130 valence electrons. The molecule has 0 spiro atoms. The van der Waals surface area contributed by atoms with E-state index in [1.807, 2.05) is 25.2 Å². The number of nitrogens with one attached hydrogen (secondary N) is 1. The standard InChI is InChI=1S/C20H27ClN2O/c1-23-18-10-9-15(21)12-17(18)22-20(24)19(23)6-4-2-3-5-13-7-8-14-11-16(13)14/h9-10,12-14,16,19H,2-8,11H2,1H3,(H,22,24). The summed E-state index contributed by atoms with van der Waals surface area (Å²) in [5, 5.41) is 3.67. The van der Waals surface area contributed by atoms with E-state index in [-0.39, 0.29) is 11.9 Å². The van der Waals surface area contributed by atoms with Crippen LogP contribution in [0.4, 0.5) is 11.4 Å². The lowest BCUT2D eigenvalue weighted by atomic mass is 9.95. The van der Waals surface area contributed by atoms with Gasteiger partial charge < -0.3 is 10.2 Å². The summed E-state index contributed by atoms with van der Waals surface area (Å²) in [5.74, 6) is 3.31. The third-order valence-corrected chi connectivity index (χ3v) is 6.65. The van der Waals surface area contributed by atoms with Gasteiger partial charge in [0.15, 0.2) is 0 Å². The molecule has 1 amide bonds. The zero-order chi connectivity index (χ0) is 16.7. The second kappa shape index (κ2) is 6.59. The number of fused-ring (bicyclic) bond motifs is 2. The topological polar surface area (TPSA) is 32.3 Å². The Hall–Kier alpha value is -1.22. The first-order valence-electron chi connectivity index (χ1n) is 9.46. The molecule has 3 nitrogen and oxygen atoms in total. The third-order valence-electron chi connectivity index (χ3n) is 6.41. The Balaban J connectivity index is 1.25. The summed E-state index contributed by atoms with van der Waals surface area (Å²) in [6, 6.07) is 5.65. The van der Waals surface area contributed by atoms with Gasteiger partial charge >= 0.3 is 0 Å². The minimum absolute atomic E-state index is 0.0574. The fourth-order valence-corrected chi connectivity index (χ4v) is 5.07. The fraction of sp³-hybridized carbons (Fsp3) is 0.650. The molecule has 1 N–H and O–H groups in total. The fourth-order valence-electron chi connectivity index (χ4n) is 4.90. The molecule has 0 bridgehead atoms. The molecule has 1 aliphatic heterocycles. The maximum absolute atomic E-state index is 12.4. The van der Waals surface area contributed by atoms with Crippen LogP contribution in [0.1, 0.15) is 51.4 Å². The van der Waals surface area contributed by atoms with Crippen LogP contribution in [0.3, 0.4) is 0 Å². The van der Waals surface area contributed by atoms with Gasteiger partial charge in [-0.1, -0.05) is 37.3 Å². The van der Waals surface area contributed by atoms with E-state index >= 15 is 0 Å². The van der Waals surface area contributed by atoms with E-state index in [0.29, 0.717) is 5.02 Å². The van der Waals surface area contributed by atoms with Crippen LogP contribution in [-0.4, -0.2) is 19.0 Å². The van der Waals surface area contributed by atoms with Crippen LogP contribution in [0.5, 0.6) is 0 Å². The van der Waals surface area contributed by atoms with Gasteiger partial charge in [0.05, 0.1) is 11.4 Å². The maximum Gasteiger partial charge on any atom is 0.247 e. The molecule has 2 saturated carbocycles. The lowest BCUT2D eigenvalue weighted by Crippen LogP contribution is -2.45. The Labute approximate surface area is 149 Å². The van der Waals surface area contributed by atoms with Crippen molar-refractivity contribution in [3.05, 3.63) is 23.2 Å². The molecule has 4 atom stereocenters. The number of halogens is 1. The van der Waals surface area contributed by atoms with Crippen molar-refractivity contribution in [1.29, 1.82) is 0 Å². The van der Waals surface area contributed by atoms with Crippen LogP contribution in [-0.2, 0) is 4.79 Å². The highest BCUT2D eigenvalue weighted by Gasteiger charge is 2.47. The summed E-state index contributed by atoms with van der Waals surface area (Å²) in [6.07, 6.45) is 10.5. The molecule has 4 heteroatoms. The second-order valence-corrected chi connectivity index (χ2v) is 8.35. The SMILES string of the molecule is CN1c2ccc(Cl)cc2NC(=O)C1CCCCCC1CCC2CC12.